The number of fused-ring (bicyclic) bond motifs is 1. The molecule has 0 spiro atoms. The summed E-state index contributed by atoms with van der Waals surface area (Å²) in [5.41, 5.74) is 7.29. The molecule has 0 amide bonds. The fourth-order valence-electron chi connectivity index (χ4n) is 4.33. The van der Waals surface area contributed by atoms with Crippen LogP contribution in [0.15, 0.2) is 42.5 Å². The fraction of sp³-hybridized carbons (Fsp3) is 0.577. The zero-order valence-electron chi connectivity index (χ0n) is 19.5. The molecule has 32 heavy (non-hydrogen) atoms. The van der Waals surface area contributed by atoms with Crippen LogP contribution in [0.1, 0.15) is 52.0 Å². The number of nitrogens with zero attached hydrogens (tertiary/aromatic N) is 1. The summed E-state index contributed by atoms with van der Waals surface area (Å²) in [5.74, 6) is 0.575. The number of carbonyl (C=O) groups excluding carboxylic acids is 1. The quantitative estimate of drug-likeness (QED) is 0.546. The Kier molecular flexibility index (Phi) is 10.2. The molecule has 6 heteroatoms. The molecule has 0 heterocycles. The molecule has 1 fully saturated rings. The van der Waals surface area contributed by atoms with Gasteiger partial charge in [0.15, 0.2) is 0 Å². The molecular formula is C26H37F3N2O. The number of ketones is 1. The molecule has 0 radical (unpaired) electrons. The van der Waals surface area contributed by atoms with Crippen LogP contribution < -0.4 is 5.73 Å². The Hall–Kier alpha value is -1.92. The Morgan fingerprint density at radius 1 is 1.03 bits per heavy atom. The minimum Gasteiger partial charge on any atom is -0.330 e. The third-order valence-corrected chi connectivity index (χ3v) is 6.06. The lowest BCUT2D eigenvalue weighted by atomic mass is 9.81. The average Bonchev–Trinajstić information content (AvgIpc) is 2.73. The predicted octanol–water partition coefficient (Wildman–Crippen LogP) is 6.20. The van der Waals surface area contributed by atoms with E-state index in [1.165, 1.54) is 55.1 Å². The number of hydrogen-bond donors (Lipinski definition) is 1. The molecule has 0 unspecified atom stereocenters. The van der Waals surface area contributed by atoms with Crippen molar-refractivity contribution in [1.29, 1.82) is 0 Å². The molecule has 2 aromatic carbocycles. The van der Waals surface area contributed by atoms with Gasteiger partial charge in [0.2, 0.25) is 5.78 Å². The van der Waals surface area contributed by atoms with Crippen molar-refractivity contribution >= 4 is 16.6 Å². The van der Waals surface area contributed by atoms with Crippen molar-refractivity contribution < 1.29 is 18.0 Å². The van der Waals surface area contributed by atoms with E-state index in [0.717, 1.165) is 24.9 Å². The van der Waals surface area contributed by atoms with Crippen molar-refractivity contribution in [3.63, 3.8) is 0 Å². The number of carbonyl (C=O) groups is 1. The van der Waals surface area contributed by atoms with Crippen molar-refractivity contribution in [3.05, 3.63) is 48.0 Å². The van der Waals surface area contributed by atoms with Gasteiger partial charge in [-0.1, -0.05) is 50.2 Å². The largest absolute Gasteiger partial charge is 0.449 e. The summed E-state index contributed by atoms with van der Waals surface area (Å²) in [6, 6.07) is 15.6. The van der Waals surface area contributed by atoms with Crippen LogP contribution in [0.2, 0.25) is 0 Å². The van der Waals surface area contributed by atoms with Crippen molar-refractivity contribution in [2.24, 2.45) is 23.5 Å². The summed E-state index contributed by atoms with van der Waals surface area (Å²) in [7, 11) is 0. The van der Waals surface area contributed by atoms with Gasteiger partial charge in [-0.3, -0.25) is 9.69 Å². The van der Waals surface area contributed by atoms with Crippen molar-refractivity contribution in [1.82, 2.24) is 4.90 Å². The van der Waals surface area contributed by atoms with Crippen molar-refractivity contribution in [2.45, 2.75) is 59.2 Å². The van der Waals surface area contributed by atoms with Gasteiger partial charge in [0.25, 0.3) is 0 Å². The van der Waals surface area contributed by atoms with Crippen LogP contribution in [-0.2, 0) is 11.3 Å². The Morgan fingerprint density at radius 2 is 1.59 bits per heavy atom. The molecule has 0 saturated heterocycles. The number of Topliss-reactive ketones (excluding diaryl/α,β-unsaturated/α-hetero) is 1. The third kappa shape index (κ3) is 8.91. The lowest BCUT2D eigenvalue weighted by molar-refractivity contribution is -0.168. The van der Waals surface area contributed by atoms with E-state index in [2.05, 4.69) is 61.2 Å². The molecule has 0 aliphatic heterocycles. The van der Waals surface area contributed by atoms with Crippen LogP contribution in [0.25, 0.3) is 10.8 Å². The summed E-state index contributed by atoms with van der Waals surface area (Å²) in [6.07, 6.45) is 0.724. The molecule has 2 aromatic rings. The van der Waals surface area contributed by atoms with E-state index in [0.29, 0.717) is 12.8 Å². The number of rotatable bonds is 7. The van der Waals surface area contributed by atoms with E-state index >= 15 is 0 Å². The van der Waals surface area contributed by atoms with E-state index < -0.39 is 12.0 Å². The van der Waals surface area contributed by atoms with Gasteiger partial charge in [-0.2, -0.15) is 13.2 Å². The standard InChI is InChI=1S/C23H34N2.C3H3F3O/c1-18(2)15-25(16-20-9-7-19(14-24)8-10-20)17-21-11-12-22-5-3-4-6-23(22)13-21;1-2(7)3(4,5)6/h3-6,11-13,18-20H,7-10,14-17,24H2,1-2H3;1H3. The SMILES string of the molecule is CC(=O)C(F)(F)F.CC(C)CN(Cc1ccc2ccccc2c1)CC1CCC(CN)CC1. The van der Waals surface area contributed by atoms with Gasteiger partial charge in [0.1, 0.15) is 0 Å². The van der Waals surface area contributed by atoms with Crippen LogP contribution in [0.3, 0.4) is 0 Å². The highest BCUT2D eigenvalue weighted by atomic mass is 19.4. The van der Waals surface area contributed by atoms with E-state index in [-0.39, 0.29) is 0 Å². The lowest BCUT2D eigenvalue weighted by Gasteiger charge is -2.33. The Labute approximate surface area is 190 Å². The Morgan fingerprint density at radius 3 is 2.12 bits per heavy atom. The van der Waals surface area contributed by atoms with Crippen LogP contribution in [0.4, 0.5) is 13.2 Å². The molecule has 1 saturated carbocycles. The summed E-state index contributed by atoms with van der Waals surface area (Å²) < 4.78 is 32.5. The van der Waals surface area contributed by atoms with Gasteiger partial charge >= 0.3 is 6.18 Å². The highest BCUT2D eigenvalue weighted by Crippen LogP contribution is 2.29. The molecule has 0 aromatic heterocycles. The summed E-state index contributed by atoms with van der Waals surface area (Å²) in [5, 5.41) is 2.69. The van der Waals surface area contributed by atoms with E-state index in [9.17, 15) is 18.0 Å². The van der Waals surface area contributed by atoms with Crippen LogP contribution in [-0.4, -0.2) is 36.5 Å². The first-order chi connectivity index (χ1) is 15.1. The summed E-state index contributed by atoms with van der Waals surface area (Å²) in [4.78, 5) is 12.0. The first-order valence-electron chi connectivity index (χ1n) is 11.6. The molecule has 178 valence electrons. The molecule has 2 N–H and O–H groups in total. The second-order valence-electron chi connectivity index (χ2n) is 9.45. The molecule has 3 nitrogen and oxygen atoms in total. The predicted molar refractivity (Wildman–Crippen MR) is 125 cm³/mol. The molecule has 1 aliphatic rings. The maximum atomic E-state index is 10.8. The number of benzene rings is 2. The second-order valence-corrected chi connectivity index (χ2v) is 9.45. The third-order valence-electron chi connectivity index (χ3n) is 6.06. The summed E-state index contributed by atoms with van der Waals surface area (Å²) >= 11 is 0. The fourth-order valence-corrected chi connectivity index (χ4v) is 4.33. The second kappa shape index (κ2) is 12.4. The first kappa shape index (κ1) is 26.3. The highest BCUT2D eigenvalue weighted by molar-refractivity contribution is 5.83. The zero-order chi connectivity index (χ0) is 23.7. The zero-order valence-corrected chi connectivity index (χ0v) is 19.5. The molecule has 3 rings (SSSR count). The minimum atomic E-state index is -4.64. The van der Waals surface area contributed by atoms with Crippen LogP contribution >= 0.6 is 0 Å². The van der Waals surface area contributed by atoms with Gasteiger partial charge in [-0.25, -0.2) is 0 Å². The van der Waals surface area contributed by atoms with Gasteiger partial charge in [0.05, 0.1) is 0 Å². The number of halogens is 3. The monoisotopic (exact) mass is 450 g/mol. The van der Waals surface area contributed by atoms with Crippen molar-refractivity contribution in [3.8, 4) is 0 Å². The molecule has 0 bridgehead atoms. The van der Waals surface area contributed by atoms with Gasteiger partial charge in [-0.05, 0) is 72.4 Å². The lowest BCUT2D eigenvalue weighted by Crippen LogP contribution is -2.34. The van der Waals surface area contributed by atoms with Gasteiger partial charge in [0, 0.05) is 26.6 Å². The minimum absolute atomic E-state index is 0.486. The van der Waals surface area contributed by atoms with Gasteiger partial charge in [-0.15, -0.1) is 0 Å². The molecular weight excluding hydrogens is 413 g/mol. The van der Waals surface area contributed by atoms with E-state index in [4.69, 9.17) is 5.73 Å². The smallest absolute Gasteiger partial charge is 0.330 e. The van der Waals surface area contributed by atoms with Gasteiger partial charge < -0.3 is 5.73 Å². The van der Waals surface area contributed by atoms with E-state index in [1.54, 1.807) is 0 Å². The number of alkyl halides is 3. The molecule has 1 aliphatic carbocycles. The molecule has 0 atom stereocenters. The Balaban J connectivity index is 0.000000451. The average molecular weight is 451 g/mol. The van der Waals surface area contributed by atoms with E-state index in [1.807, 2.05) is 0 Å². The topological polar surface area (TPSA) is 46.3 Å². The van der Waals surface area contributed by atoms with Crippen LogP contribution in [0, 0.1) is 17.8 Å². The first-order valence-corrected chi connectivity index (χ1v) is 11.6. The number of hydrogen-bond acceptors (Lipinski definition) is 3. The summed E-state index contributed by atoms with van der Waals surface area (Å²) in [6.45, 7) is 9.52. The normalized spacial score (nSPS) is 19.2. The van der Waals surface area contributed by atoms with Crippen molar-refractivity contribution in [2.75, 3.05) is 19.6 Å². The maximum absolute atomic E-state index is 10.8. The van der Waals surface area contributed by atoms with Crippen LogP contribution in [0.5, 0.6) is 0 Å². The maximum Gasteiger partial charge on any atom is 0.449 e. The number of nitrogens with two attached hydrogens (primary N) is 1. The highest BCUT2D eigenvalue weighted by Gasteiger charge is 2.33. The Bertz CT molecular complexity index is 842.